The molecule has 1 rings (SSSR count). The van der Waals surface area contributed by atoms with Gasteiger partial charge in [-0.1, -0.05) is 20.8 Å². The van der Waals surface area contributed by atoms with Crippen LogP contribution >= 0.6 is 0 Å². The van der Waals surface area contributed by atoms with Crippen LogP contribution in [-0.4, -0.2) is 67.8 Å². The van der Waals surface area contributed by atoms with Gasteiger partial charge in [0.05, 0.1) is 12.1 Å². The second-order valence-electron chi connectivity index (χ2n) is 6.18. The Morgan fingerprint density at radius 3 is 2.11 bits per heavy atom. The molecule has 0 bridgehead atoms. The topological polar surface area (TPSA) is 41.7 Å². The highest BCUT2D eigenvalue weighted by atomic mass is 16.5. The van der Waals surface area contributed by atoms with E-state index in [2.05, 4.69) is 37.5 Å². The van der Waals surface area contributed by atoms with Crippen molar-refractivity contribution in [2.45, 2.75) is 45.7 Å². The van der Waals surface area contributed by atoms with Crippen LogP contribution in [0.4, 0.5) is 0 Å². The second kappa shape index (κ2) is 7.58. The van der Waals surface area contributed by atoms with E-state index in [0.29, 0.717) is 18.5 Å². The zero-order valence-electron chi connectivity index (χ0n) is 13.5. The summed E-state index contributed by atoms with van der Waals surface area (Å²) in [7, 11) is 1.78. The van der Waals surface area contributed by atoms with Gasteiger partial charge in [-0.2, -0.15) is 0 Å². The lowest BCUT2D eigenvalue weighted by atomic mass is 9.84. The number of methoxy groups -OCH3 is 1. The molecule has 2 atom stereocenters. The van der Waals surface area contributed by atoms with Crippen molar-refractivity contribution < 1.29 is 4.74 Å². The van der Waals surface area contributed by atoms with Crippen LogP contribution in [0.25, 0.3) is 0 Å². The van der Waals surface area contributed by atoms with Gasteiger partial charge in [-0.15, -0.1) is 0 Å². The van der Waals surface area contributed by atoms with Crippen molar-refractivity contribution in [2.24, 2.45) is 11.7 Å². The number of nitrogens with zero attached hydrogens (tertiary/aromatic N) is 2. The minimum atomic E-state index is -0.00368. The molecule has 0 aromatic rings. The van der Waals surface area contributed by atoms with Crippen molar-refractivity contribution in [2.75, 3.05) is 46.4 Å². The number of nitrogens with two attached hydrogens (primary N) is 1. The Morgan fingerprint density at radius 1 is 1.16 bits per heavy atom. The molecule has 4 nitrogen and oxygen atoms in total. The molecule has 1 fully saturated rings. The van der Waals surface area contributed by atoms with Crippen molar-refractivity contribution >= 4 is 0 Å². The number of rotatable bonds is 7. The van der Waals surface area contributed by atoms with Crippen LogP contribution in [0.2, 0.25) is 0 Å². The molecule has 1 saturated heterocycles. The van der Waals surface area contributed by atoms with Gasteiger partial charge >= 0.3 is 0 Å². The molecule has 0 spiro atoms. The van der Waals surface area contributed by atoms with Gasteiger partial charge in [0.1, 0.15) is 0 Å². The number of ether oxygens (including phenoxy) is 1. The Kier molecular flexibility index (Phi) is 6.74. The quantitative estimate of drug-likeness (QED) is 0.760. The second-order valence-corrected chi connectivity index (χ2v) is 6.18. The van der Waals surface area contributed by atoms with Crippen LogP contribution in [-0.2, 0) is 4.74 Å². The summed E-state index contributed by atoms with van der Waals surface area (Å²) in [6.07, 6.45) is 1.23. The van der Waals surface area contributed by atoms with E-state index >= 15 is 0 Å². The first-order valence-corrected chi connectivity index (χ1v) is 7.70. The number of hydrogen-bond acceptors (Lipinski definition) is 4. The van der Waals surface area contributed by atoms with E-state index < -0.39 is 0 Å². The largest absolute Gasteiger partial charge is 0.383 e. The molecule has 19 heavy (non-hydrogen) atoms. The zero-order chi connectivity index (χ0) is 14.5. The van der Waals surface area contributed by atoms with Crippen LogP contribution in [0.1, 0.15) is 34.1 Å². The zero-order valence-corrected chi connectivity index (χ0v) is 13.5. The van der Waals surface area contributed by atoms with E-state index in [1.807, 2.05) is 0 Å². The average Bonchev–Trinajstić information content (AvgIpc) is 2.44. The smallest absolute Gasteiger partial charge is 0.0661 e. The van der Waals surface area contributed by atoms with E-state index in [-0.39, 0.29) is 5.54 Å². The highest BCUT2D eigenvalue weighted by Crippen LogP contribution is 2.26. The molecule has 1 heterocycles. The molecule has 0 saturated carbocycles. The molecule has 4 heteroatoms. The van der Waals surface area contributed by atoms with Gasteiger partial charge in [0, 0.05) is 45.9 Å². The Labute approximate surface area is 119 Å². The third-order valence-corrected chi connectivity index (χ3v) is 4.98. The molecule has 2 N–H and O–H groups in total. The van der Waals surface area contributed by atoms with Crippen LogP contribution in [0.3, 0.4) is 0 Å². The first-order valence-electron chi connectivity index (χ1n) is 7.70. The summed E-state index contributed by atoms with van der Waals surface area (Å²) in [6.45, 7) is 15.0. The van der Waals surface area contributed by atoms with Gasteiger partial charge in [-0.3, -0.25) is 9.80 Å². The lowest BCUT2D eigenvalue weighted by Gasteiger charge is -2.50. The van der Waals surface area contributed by atoms with Gasteiger partial charge in [0.15, 0.2) is 0 Å². The SMILES string of the molecule is CCC(C)N1CCN(C(CN)(COC)C(C)C)CC1. The Hall–Kier alpha value is -0.160. The molecular formula is C15H33N3O. The third-order valence-electron chi connectivity index (χ3n) is 4.98. The van der Waals surface area contributed by atoms with E-state index in [9.17, 15) is 0 Å². The normalized spacial score (nSPS) is 23.5. The first kappa shape index (κ1) is 16.9. The molecule has 114 valence electrons. The summed E-state index contributed by atoms with van der Waals surface area (Å²) in [5.41, 5.74) is 6.11. The molecule has 2 unspecified atom stereocenters. The predicted molar refractivity (Wildman–Crippen MR) is 81.4 cm³/mol. The molecule has 0 aromatic heterocycles. The Bertz CT molecular complexity index is 252. The van der Waals surface area contributed by atoms with Gasteiger partial charge in [0.2, 0.25) is 0 Å². The van der Waals surface area contributed by atoms with Crippen molar-refractivity contribution in [1.82, 2.24) is 9.80 Å². The maximum Gasteiger partial charge on any atom is 0.0661 e. The Balaban J connectivity index is 2.69. The van der Waals surface area contributed by atoms with E-state index in [0.717, 1.165) is 32.8 Å². The summed E-state index contributed by atoms with van der Waals surface area (Å²) in [6, 6.07) is 0.691. The molecule has 1 aliphatic rings. The summed E-state index contributed by atoms with van der Waals surface area (Å²) in [5.74, 6) is 0.507. The van der Waals surface area contributed by atoms with Crippen molar-refractivity contribution in [3.8, 4) is 0 Å². The van der Waals surface area contributed by atoms with Crippen LogP contribution < -0.4 is 5.73 Å². The van der Waals surface area contributed by atoms with Crippen molar-refractivity contribution in [3.63, 3.8) is 0 Å². The van der Waals surface area contributed by atoms with Crippen LogP contribution in [0, 0.1) is 5.92 Å². The van der Waals surface area contributed by atoms with E-state index in [1.165, 1.54) is 6.42 Å². The fourth-order valence-corrected chi connectivity index (χ4v) is 3.16. The fourth-order valence-electron chi connectivity index (χ4n) is 3.16. The summed E-state index contributed by atoms with van der Waals surface area (Å²) in [5, 5.41) is 0. The predicted octanol–water partition coefficient (Wildman–Crippen LogP) is 1.40. The number of hydrogen-bond donors (Lipinski definition) is 1. The standard InChI is InChI=1S/C15H33N3O/c1-6-14(4)17-7-9-18(10-8-17)15(11-16,12-19-5)13(2)3/h13-14H,6-12,16H2,1-5H3. The fraction of sp³-hybridized carbons (Fsp3) is 1.00. The first-order chi connectivity index (χ1) is 9.01. The molecular weight excluding hydrogens is 238 g/mol. The minimum absolute atomic E-state index is 0.00368. The molecule has 1 aliphatic heterocycles. The van der Waals surface area contributed by atoms with E-state index in [4.69, 9.17) is 10.5 Å². The number of piperazine rings is 1. The summed E-state index contributed by atoms with van der Waals surface area (Å²) >= 11 is 0. The maximum atomic E-state index is 6.11. The van der Waals surface area contributed by atoms with Gasteiger partial charge in [-0.05, 0) is 19.3 Å². The van der Waals surface area contributed by atoms with Crippen LogP contribution in [0.15, 0.2) is 0 Å². The highest BCUT2D eigenvalue weighted by Gasteiger charge is 2.40. The average molecular weight is 271 g/mol. The maximum absolute atomic E-state index is 6.11. The summed E-state index contributed by atoms with van der Waals surface area (Å²) < 4.78 is 5.47. The van der Waals surface area contributed by atoms with Crippen molar-refractivity contribution in [1.29, 1.82) is 0 Å². The lowest BCUT2D eigenvalue weighted by Crippen LogP contribution is -2.65. The molecule has 0 amide bonds. The van der Waals surface area contributed by atoms with Gasteiger partial charge in [0.25, 0.3) is 0 Å². The van der Waals surface area contributed by atoms with Crippen molar-refractivity contribution in [3.05, 3.63) is 0 Å². The van der Waals surface area contributed by atoms with E-state index in [1.54, 1.807) is 7.11 Å². The Morgan fingerprint density at radius 2 is 1.74 bits per heavy atom. The highest BCUT2D eigenvalue weighted by molar-refractivity contribution is 4.97. The lowest BCUT2D eigenvalue weighted by molar-refractivity contribution is -0.0447. The minimum Gasteiger partial charge on any atom is -0.383 e. The molecule has 0 radical (unpaired) electrons. The van der Waals surface area contributed by atoms with Gasteiger partial charge in [-0.25, -0.2) is 0 Å². The molecule has 0 aliphatic carbocycles. The van der Waals surface area contributed by atoms with Crippen LogP contribution in [0.5, 0.6) is 0 Å². The third kappa shape index (κ3) is 3.69. The summed E-state index contributed by atoms with van der Waals surface area (Å²) in [4.78, 5) is 5.14. The monoisotopic (exact) mass is 271 g/mol. The molecule has 0 aromatic carbocycles. The van der Waals surface area contributed by atoms with Gasteiger partial charge < -0.3 is 10.5 Å².